The molecule has 0 radical (unpaired) electrons. The molecule has 27 heavy (non-hydrogen) atoms. The minimum absolute atomic E-state index is 0.0455. The van der Waals surface area contributed by atoms with Crippen LogP contribution in [-0.4, -0.2) is 31.2 Å². The van der Waals surface area contributed by atoms with E-state index in [0.29, 0.717) is 18.7 Å². The van der Waals surface area contributed by atoms with Gasteiger partial charge in [-0.25, -0.2) is 12.8 Å². The number of benzene rings is 2. The van der Waals surface area contributed by atoms with E-state index in [2.05, 4.69) is 21.2 Å². The first-order valence-corrected chi connectivity index (χ1v) is 10.9. The van der Waals surface area contributed by atoms with E-state index < -0.39 is 21.9 Å². The summed E-state index contributed by atoms with van der Waals surface area (Å²) >= 11 is 3.34. The standard InChI is InChI=1S/C19H20BrFN2O3S/c20-14-4-8-16(9-5-14)22-19(24)13-17-3-1-2-12-23(17)27(25,26)18-10-6-15(21)7-11-18/h4-11,17H,1-3,12-13H2,(H,22,24). The van der Waals surface area contributed by atoms with Crippen molar-refractivity contribution < 1.29 is 17.6 Å². The molecule has 1 N–H and O–H groups in total. The fourth-order valence-electron chi connectivity index (χ4n) is 3.20. The van der Waals surface area contributed by atoms with Crippen molar-refractivity contribution >= 4 is 37.5 Å². The van der Waals surface area contributed by atoms with Crippen molar-refractivity contribution in [2.45, 2.75) is 36.6 Å². The second-order valence-electron chi connectivity index (χ2n) is 6.48. The number of sulfonamides is 1. The summed E-state index contributed by atoms with van der Waals surface area (Å²) in [5.41, 5.74) is 0.659. The van der Waals surface area contributed by atoms with Crippen molar-refractivity contribution in [2.75, 3.05) is 11.9 Å². The molecule has 0 saturated carbocycles. The third-order valence-electron chi connectivity index (χ3n) is 4.54. The molecule has 1 fully saturated rings. The van der Waals surface area contributed by atoms with Gasteiger partial charge in [-0.1, -0.05) is 22.4 Å². The lowest BCUT2D eigenvalue weighted by Gasteiger charge is -2.34. The molecule has 8 heteroatoms. The van der Waals surface area contributed by atoms with Gasteiger partial charge in [0, 0.05) is 29.2 Å². The molecule has 1 heterocycles. The van der Waals surface area contributed by atoms with Crippen LogP contribution in [0, 0.1) is 5.82 Å². The molecule has 0 aliphatic carbocycles. The van der Waals surface area contributed by atoms with E-state index in [1.807, 2.05) is 12.1 Å². The number of nitrogens with zero attached hydrogens (tertiary/aromatic N) is 1. The van der Waals surface area contributed by atoms with Gasteiger partial charge in [0.05, 0.1) is 4.90 Å². The van der Waals surface area contributed by atoms with Crippen LogP contribution in [-0.2, 0) is 14.8 Å². The normalized spacial score (nSPS) is 18.2. The average Bonchev–Trinajstić information content (AvgIpc) is 2.64. The average molecular weight is 455 g/mol. The number of hydrogen-bond acceptors (Lipinski definition) is 3. The van der Waals surface area contributed by atoms with Crippen LogP contribution < -0.4 is 5.32 Å². The maximum atomic E-state index is 13.1. The molecule has 3 rings (SSSR count). The lowest BCUT2D eigenvalue weighted by Crippen LogP contribution is -2.45. The third-order valence-corrected chi connectivity index (χ3v) is 7.04. The SMILES string of the molecule is O=C(CC1CCCCN1S(=O)(=O)c1ccc(F)cc1)Nc1ccc(Br)cc1. The van der Waals surface area contributed by atoms with Crippen molar-refractivity contribution in [2.24, 2.45) is 0 Å². The summed E-state index contributed by atoms with van der Waals surface area (Å²) in [4.78, 5) is 12.5. The Balaban J connectivity index is 1.73. The number of rotatable bonds is 5. The van der Waals surface area contributed by atoms with E-state index >= 15 is 0 Å². The number of halogens is 2. The highest BCUT2D eigenvalue weighted by Crippen LogP contribution is 2.27. The monoisotopic (exact) mass is 454 g/mol. The van der Waals surface area contributed by atoms with Crippen LogP contribution in [0.25, 0.3) is 0 Å². The van der Waals surface area contributed by atoms with E-state index in [9.17, 15) is 17.6 Å². The number of piperidine rings is 1. The van der Waals surface area contributed by atoms with Crippen LogP contribution in [0.1, 0.15) is 25.7 Å². The van der Waals surface area contributed by atoms with Crippen molar-refractivity contribution in [3.8, 4) is 0 Å². The molecule has 0 aromatic heterocycles. The molecule has 0 bridgehead atoms. The molecule has 144 valence electrons. The zero-order valence-electron chi connectivity index (χ0n) is 14.6. The lowest BCUT2D eigenvalue weighted by atomic mass is 10.0. The Labute approximate surface area is 166 Å². The number of anilines is 1. The van der Waals surface area contributed by atoms with Crippen LogP contribution in [0.4, 0.5) is 10.1 Å². The van der Waals surface area contributed by atoms with E-state index in [4.69, 9.17) is 0 Å². The highest BCUT2D eigenvalue weighted by molar-refractivity contribution is 9.10. The van der Waals surface area contributed by atoms with Gasteiger partial charge in [-0.2, -0.15) is 4.31 Å². The highest BCUT2D eigenvalue weighted by atomic mass is 79.9. The van der Waals surface area contributed by atoms with Crippen LogP contribution in [0.5, 0.6) is 0 Å². The molecule has 1 aliphatic rings. The second-order valence-corrected chi connectivity index (χ2v) is 9.28. The van der Waals surface area contributed by atoms with Crippen molar-refractivity contribution in [3.05, 3.63) is 58.8 Å². The number of nitrogens with one attached hydrogen (secondary N) is 1. The summed E-state index contributed by atoms with van der Waals surface area (Å²) < 4.78 is 41.3. The molecule has 2 aromatic carbocycles. The number of hydrogen-bond donors (Lipinski definition) is 1. The Bertz CT molecular complexity index is 902. The number of carbonyl (C=O) groups excluding carboxylic acids is 1. The lowest BCUT2D eigenvalue weighted by molar-refractivity contribution is -0.117. The molecule has 1 amide bonds. The maximum absolute atomic E-state index is 13.1. The highest BCUT2D eigenvalue weighted by Gasteiger charge is 2.34. The summed E-state index contributed by atoms with van der Waals surface area (Å²) in [7, 11) is -3.77. The van der Waals surface area contributed by atoms with E-state index in [1.165, 1.54) is 16.4 Å². The number of carbonyl (C=O) groups is 1. The predicted molar refractivity (Wildman–Crippen MR) is 105 cm³/mol. The second kappa shape index (κ2) is 8.50. The Morgan fingerprint density at radius 3 is 2.44 bits per heavy atom. The fraction of sp³-hybridized carbons (Fsp3) is 0.316. The molecule has 1 atom stereocenters. The molecule has 2 aromatic rings. The first-order valence-electron chi connectivity index (χ1n) is 8.69. The van der Waals surface area contributed by atoms with Gasteiger partial charge in [-0.05, 0) is 61.4 Å². The van der Waals surface area contributed by atoms with Crippen molar-refractivity contribution in [1.29, 1.82) is 0 Å². The van der Waals surface area contributed by atoms with Crippen LogP contribution in [0.3, 0.4) is 0 Å². The van der Waals surface area contributed by atoms with Crippen LogP contribution in [0.2, 0.25) is 0 Å². The van der Waals surface area contributed by atoms with Gasteiger partial charge in [-0.15, -0.1) is 0 Å². The predicted octanol–water partition coefficient (Wildman–Crippen LogP) is 4.16. The van der Waals surface area contributed by atoms with E-state index in [-0.39, 0.29) is 17.2 Å². The summed E-state index contributed by atoms with van der Waals surface area (Å²) in [6, 6.07) is 11.6. The van der Waals surface area contributed by atoms with Gasteiger partial charge in [0.2, 0.25) is 15.9 Å². The van der Waals surface area contributed by atoms with Gasteiger partial charge in [0.1, 0.15) is 5.82 Å². The topological polar surface area (TPSA) is 66.5 Å². The minimum atomic E-state index is -3.77. The number of amides is 1. The van der Waals surface area contributed by atoms with Crippen LogP contribution >= 0.6 is 15.9 Å². The quantitative estimate of drug-likeness (QED) is 0.737. The zero-order chi connectivity index (χ0) is 19.4. The summed E-state index contributed by atoms with van der Waals surface area (Å²) in [6.07, 6.45) is 2.31. The Morgan fingerprint density at radius 1 is 1.11 bits per heavy atom. The molecule has 1 unspecified atom stereocenters. The van der Waals surface area contributed by atoms with Gasteiger partial charge < -0.3 is 5.32 Å². The van der Waals surface area contributed by atoms with Gasteiger partial charge >= 0.3 is 0 Å². The van der Waals surface area contributed by atoms with E-state index in [1.54, 1.807) is 12.1 Å². The molecule has 1 saturated heterocycles. The first kappa shape index (κ1) is 20.0. The van der Waals surface area contributed by atoms with E-state index in [0.717, 1.165) is 29.4 Å². The molecule has 5 nitrogen and oxygen atoms in total. The Hall–Kier alpha value is -1.77. The van der Waals surface area contributed by atoms with Crippen molar-refractivity contribution in [3.63, 3.8) is 0 Å². The van der Waals surface area contributed by atoms with Crippen molar-refractivity contribution in [1.82, 2.24) is 4.31 Å². The van der Waals surface area contributed by atoms with Gasteiger partial charge in [0.15, 0.2) is 0 Å². The fourth-order valence-corrected chi connectivity index (χ4v) is 5.15. The third kappa shape index (κ3) is 4.94. The molecular weight excluding hydrogens is 435 g/mol. The minimum Gasteiger partial charge on any atom is -0.326 e. The maximum Gasteiger partial charge on any atom is 0.243 e. The zero-order valence-corrected chi connectivity index (χ0v) is 17.0. The smallest absolute Gasteiger partial charge is 0.243 e. The Morgan fingerprint density at radius 2 is 1.78 bits per heavy atom. The molecule has 0 spiro atoms. The summed E-state index contributed by atoms with van der Waals surface area (Å²) in [5, 5.41) is 2.80. The van der Waals surface area contributed by atoms with Gasteiger partial charge in [-0.3, -0.25) is 4.79 Å². The first-order chi connectivity index (χ1) is 12.9. The molecule has 1 aliphatic heterocycles. The van der Waals surface area contributed by atoms with Gasteiger partial charge in [0.25, 0.3) is 0 Å². The summed E-state index contributed by atoms with van der Waals surface area (Å²) in [6.45, 7) is 0.357. The molecular formula is C19H20BrFN2O3S. The summed E-state index contributed by atoms with van der Waals surface area (Å²) in [5.74, 6) is -0.721. The Kier molecular flexibility index (Phi) is 6.29. The largest absolute Gasteiger partial charge is 0.326 e. The van der Waals surface area contributed by atoms with Crippen LogP contribution in [0.15, 0.2) is 57.9 Å².